The van der Waals surface area contributed by atoms with Crippen molar-refractivity contribution in [3.8, 4) is 0 Å². The molecular weight excluding hydrogens is 298 g/mol. The summed E-state index contributed by atoms with van der Waals surface area (Å²) in [5.74, 6) is 0. The summed E-state index contributed by atoms with van der Waals surface area (Å²) < 4.78 is 17.6. The van der Waals surface area contributed by atoms with Gasteiger partial charge < -0.3 is 24.3 Å². The van der Waals surface area contributed by atoms with Gasteiger partial charge in [0, 0.05) is 64.6 Å². The van der Waals surface area contributed by atoms with Crippen molar-refractivity contribution in [3.05, 3.63) is 0 Å². The van der Waals surface area contributed by atoms with E-state index in [1.165, 1.54) is 0 Å². The Morgan fingerprint density at radius 3 is 2.09 bits per heavy atom. The average Bonchev–Trinajstić information content (AvgIpc) is 2.49. The van der Waals surface area contributed by atoms with Crippen molar-refractivity contribution in [2.45, 2.75) is 45.7 Å². The molecule has 1 fully saturated rings. The SMILES string of the molecule is CCO[Si](CCCC(N)CN1CCNCC1)(OCC)OCC. The first-order chi connectivity index (χ1) is 10.7. The van der Waals surface area contributed by atoms with E-state index < -0.39 is 8.80 Å². The minimum absolute atomic E-state index is 0.217. The molecule has 1 rings (SSSR count). The summed E-state index contributed by atoms with van der Waals surface area (Å²) in [6.07, 6.45) is 1.99. The molecule has 1 unspecified atom stereocenters. The third-order valence-electron chi connectivity index (χ3n) is 3.85. The maximum atomic E-state index is 6.29. The lowest BCUT2D eigenvalue weighted by Gasteiger charge is -2.31. The maximum absolute atomic E-state index is 6.29. The van der Waals surface area contributed by atoms with E-state index in [1.807, 2.05) is 20.8 Å². The van der Waals surface area contributed by atoms with E-state index >= 15 is 0 Å². The topological polar surface area (TPSA) is 69.0 Å². The molecule has 1 aliphatic rings. The van der Waals surface area contributed by atoms with Gasteiger partial charge in [-0.15, -0.1) is 0 Å². The number of rotatable bonds is 12. The zero-order valence-corrected chi connectivity index (χ0v) is 15.6. The Morgan fingerprint density at radius 2 is 1.59 bits per heavy atom. The molecular formula is C15H35N3O3Si. The standard InChI is InChI=1S/C15H35N3O3Si/c1-4-19-22(20-5-2,21-6-3)13-7-8-15(16)14-18-11-9-17-10-12-18/h15,17H,4-14,16H2,1-3H3. The molecule has 1 atom stereocenters. The summed E-state index contributed by atoms with van der Waals surface area (Å²) in [5.41, 5.74) is 6.29. The first-order valence-corrected chi connectivity index (χ1v) is 10.7. The second-order valence-electron chi connectivity index (χ2n) is 5.68. The summed E-state index contributed by atoms with van der Waals surface area (Å²) in [4.78, 5) is 2.44. The number of hydrogen-bond donors (Lipinski definition) is 2. The summed E-state index contributed by atoms with van der Waals surface area (Å²) in [6.45, 7) is 13.2. The van der Waals surface area contributed by atoms with Crippen LogP contribution < -0.4 is 11.1 Å². The van der Waals surface area contributed by atoms with Crippen LogP contribution in [0.25, 0.3) is 0 Å². The first-order valence-electron chi connectivity index (χ1n) is 8.76. The Hall–Kier alpha value is -0.0231. The summed E-state index contributed by atoms with van der Waals surface area (Å²) >= 11 is 0. The summed E-state index contributed by atoms with van der Waals surface area (Å²) in [7, 11) is -2.49. The molecule has 7 heteroatoms. The normalized spacial score (nSPS) is 18.5. The van der Waals surface area contributed by atoms with Crippen molar-refractivity contribution in [1.29, 1.82) is 0 Å². The lowest BCUT2D eigenvalue weighted by molar-refractivity contribution is 0.0704. The van der Waals surface area contributed by atoms with Crippen LogP contribution >= 0.6 is 0 Å². The molecule has 0 aromatic carbocycles. The van der Waals surface area contributed by atoms with Gasteiger partial charge in [-0.2, -0.15) is 0 Å². The molecule has 0 saturated carbocycles. The third-order valence-corrected chi connectivity index (χ3v) is 7.00. The molecule has 0 amide bonds. The van der Waals surface area contributed by atoms with Gasteiger partial charge in [0.25, 0.3) is 0 Å². The molecule has 0 aromatic heterocycles. The van der Waals surface area contributed by atoms with Gasteiger partial charge in [0.2, 0.25) is 0 Å². The minimum atomic E-state index is -2.49. The van der Waals surface area contributed by atoms with E-state index in [9.17, 15) is 0 Å². The first kappa shape index (κ1) is 20.0. The van der Waals surface area contributed by atoms with Gasteiger partial charge in [-0.3, -0.25) is 4.90 Å². The fraction of sp³-hybridized carbons (Fsp3) is 1.00. The molecule has 6 nitrogen and oxygen atoms in total. The monoisotopic (exact) mass is 333 g/mol. The van der Waals surface area contributed by atoms with E-state index in [-0.39, 0.29) is 6.04 Å². The Balaban J connectivity index is 2.33. The highest BCUT2D eigenvalue weighted by Gasteiger charge is 2.39. The molecule has 0 aliphatic carbocycles. The zero-order chi connectivity index (χ0) is 16.3. The number of nitrogens with one attached hydrogen (secondary N) is 1. The molecule has 22 heavy (non-hydrogen) atoms. The minimum Gasteiger partial charge on any atom is -0.374 e. The molecule has 0 aromatic rings. The van der Waals surface area contributed by atoms with E-state index in [0.717, 1.165) is 51.6 Å². The van der Waals surface area contributed by atoms with Gasteiger partial charge in [0.15, 0.2) is 0 Å². The quantitative estimate of drug-likeness (QED) is 0.520. The van der Waals surface area contributed by atoms with Crippen molar-refractivity contribution in [2.24, 2.45) is 5.73 Å². The zero-order valence-electron chi connectivity index (χ0n) is 14.6. The van der Waals surface area contributed by atoms with E-state index in [1.54, 1.807) is 0 Å². The van der Waals surface area contributed by atoms with Gasteiger partial charge >= 0.3 is 8.80 Å². The van der Waals surface area contributed by atoms with Crippen LogP contribution in [0, 0.1) is 0 Å². The van der Waals surface area contributed by atoms with Crippen LogP contribution in [0.4, 0.5) is 0 Å². The fourth-order valence-electron chi connectivity index (χ4n) is 2.90. The number of nitrogens with zero attached hydrogens (tertiary/aromatic N) is 1. The van der Waals surface area contributed by atoms with Crippen molar-refractivity contribution >= 4 is 8.80 Å². The highest BCUT2D eigenvalue weighted by molar-refractivity contribution is 6.60. The van der Waals surface area contributed by atoms with Crippen LogP contribution in [-0.4, -0.2) is 72.3 Å². The Kier molecular flexibility index (Phi) is 10.5. The number of nitrogens with two attached hydrogens (primary N) is 1. The lowest BCUT2D eigenvalue weighted by Crippen LogP contribution is -2.48. The predicted octanol–water partition coefficient (Wildman–Crippen LogP) is 1.05. The van der Waals surface area contributed by atoms with Gasteiger partial charge in [0.05, 0.1) is 0 Å². The van der Waals surface area contributed by atoms with Crippen molar-refractivity contribution in [1.82, 2.24) is 10.2 Å². The van der Waals surface area contributed by atoms with Crippen LogP contribution in [-0.2, 0) is 13.3 Å². The van der Waals surface area contributed by atoms with E-state index in [4.69, 9.17) is 19.0 Å². The van der Waals surface area contributed by atoms with Crippen LogP contribution in [0.1, 0.15) is 33.6 Å². The molecule has 132 valence electrons. The van der Waals surface area contributed by atoms with Crippen LogP contribution in [0.3, 0.4) is 0 Å². The highest BCUT2D eigenvalue weighted by Crippen LogP contribution is 2.20. The Labute approximate surface area is 137 Å². The lowest BCUT2D eigenvalue weighted by atomic mass is 10.1. The molecule has 1 heterocycles. The van der Waals surface area contributed by atoms with Gasteiger partial charge in [-0.25, -0.2) is 0 Å². The Bertz CT molecular complexity index is 262. The second kappa shape index (κ2) is 11.5. The fourth-order valence-corrected chi connectivity index (χ4v) is 5.54. The van der Waals surface area contributed by atoms with Gasteiger partial charge in [0.1, 0.15) is 0 Å². The van der Waals surface area contributed by atoms with E-state index in [2.05, 4.69) is 10.2 Å². The number of piperazine rings is 1. The largest absolute Gasteiger partial charge is 0.500 e. The molecule has 0 radical (unpaired) electrons. The van der Waals surface area contributed by atoms with Crippen molar-refractivity contribution in [2.75, 3.05) is 52.5 Å². The van der Waals surface area contributed by atoms with Crippen LogP contribution in [0.15, 0.2) is 0 Å². The predicted molar refractivity (Wildman–Crippen MR) is 92.0 cm³/mol. The smallest absolute Gasteiger partial charge is 0.374 e. The van der Waals surface area contributed by atoms with Gasteiger partial charge in [-0.05, 0) is 33.6 Å². The Morgan fingerprint density at radius 1 is 1.05 bits per heavy atom. The maximum Gasteiger partial charge on any atom is 0.500 e. The van der Waals surface area contributed by atoms with Crippen LogP contribution in [0.5, 0.6) is 0 Å². The highest BCUT2D eigenvalue weighted by atomic mass is 28.4. The van der Waals surface area contributed by atoms with Gasteiger partial charge in [-0.1, -0.05) is 0 Å². The van der Waals surface area contributed by atoms with Crippen LogP contribution in [0.2, 0.25) is 6.04 Å². The van der Waals surface area contributed by atoms with Crippen molar-refractivity contribution < 1.29 is 13.3 Å². The molecule has 3 N–H and O–H groups in total. The van der Waals surface area contributed by atoms with E-state index in [0.29, 0.717) is 19.8 Å². The molecule has 1 aliphatic heterocycles. The summed E-state index contributed by atoms with van der Waals surface area (Å²) in [6, 6.07) is 1.08. The molecule has 0 bridgehead atoms. The van der Waals surface area contributed by atoms with Crippen molar-refractivity contribution in [3.63, 3.8) is 0 Å². The molecule has 1 saturated heterocycles. The number of hydrogen-bond acceptors (Lipinski definition) is 6. The molecule has 0 spiro atoms. The summed E-state index contributed by atoms with van der Waals surface area (Å²) in [5, 5.41) is 3.37. The third kappa shape index (κ3) is 7.50. The second-order valence-corrected chi connectivity index (χ2v) is 8.42. The average molecular weight is 334 g/mol.